The van der Waals surface area contributed by atoms with Crippen molar-refractivity contribution in [3.63, 3.8) is 0 Å². The third kappa shape index (κ3) is 4.14. The smallest absolute Gasteiger partial charge is 0.0720 e. The fourth-order valence-corrected chi connectivity index (χ4v) is 11.6. The monoisotopic (exact) mass is 696 g/mol. The van der Waals surface area contributed by atoms with Gasteiger partial charge in [-0.05, 0) is 74.3 Å². The van der Waals surface area contributed by atoms with Crippen molar-refractivity contribution in [2.75, 3.05) is 0 Å². The Labute approximate surface area is 310 Å². The van der Waals surface area contributed by atoms with Gasteiger partial charge in [0.25, 0.3) is 0 Å². The number of hydrogen-bond acceptors (Lipinski definition) is 2. The van der Waals surface area contributed by atoms with Crippen LogP contribution in [0.4, 0.5) is 0 Å². The van der Waals surface area contributed by atoms with Gasteiger partial charge in [0.05, 0.1) is 5.41 Å². The van der Waals surface area contributed by atoms with Crippen molar-refractivity contribution in [2.24, 2.45) is 0 Å². The van der Waals surface area contributed by atoms with Crippen LogP contribution in [0.2, 0.25) is 0 Å². The summed E-state index contributed by atoms with van der Waals surface area (Å²) in [7, 11) is 0. The van der Waals surface area contributed by atoms with Crippen molar-refractivity contribution in [1.82, 2.24) is 0 Å². The molecule has 0 bridgehead atoms. The van der Waals surface area contributed by atoms with E-state index in [9.17, 15) is 0 Å². The Bertz CT molecular complexity index is 2920. The summed E-state index contributed by atoms with van der Waals surface area (Å²) in [5, 5.41) is 5.43. The van der Waals surface area contributed by atoms with E-state index in [1.807, 2.05) is 22.7 Å². The maximum Gasteiger partial charge on any atom is 0.0720 e. The van der Waals surface area contributed by atoms with E-state index in [1.54, 1.807) is 0 Å². The van der Waals surface area contributed by atoms with Crippen LogP contribution in [-0.2, 0) is 5.41 Å². The van der Waals surface area contributed by atoms with Crippen molar-refractivity contribution in [3.05, 3.63) is 227 Å². The van der Waals surface area contributed by atoms with Crippen LogP contribution in [0.5, 0.6) is 0 Å². The van der Waals surface area contributed by atoms with Crippen LogP contribution >= 0.6 is 22.7 Å². The fourth-order valence-electron chi connectivity index (χ4n) is 9.34. The van der Waals surface area contributed by atoms with Crippen LogP contribution in [0.15, 0.2) is 188 Å². The van der Waals surface area contributed by atoms with Gasteiger partial charge in [-0.1, -0.05) is 164 Å². The number of hydrogen-bond donors (Lipinski definition) is 0. The highest BCUT2D eigenvalue weighted by atomic mass is 32.1. The Morgan fingerprint density at radius 3 is 1.54 bits per heavy atom. The summed E-state index contributed by atoms with van der Waals surface area (Å²) in [6.07, 6.45) is 0. The molecule has 0 saturated carbocycles. The lowest BCUT2D eigenvalue weighted by Crippen LogP contribution is -2.28. The van der Waals surface area contributed by atoms with E-state index in [0.717, 1.165) is 0 Å². The first-order valence-electron chi connectivity index (χ1n) is 18.0. The molecule has 0 N–H and O–H groups in total. The second kappa shape index (κ2) is 11.6. The highest BCUT2D eigenvalue weighted by Crippen LogP contribution is 2.59. The fraction of sp³-hybridized carbons (Fsp3) is 0.0400. The number of rotatable bonds is 5. The maximum atomic E-state index is 2.42. The molecule has 0 fully saturated rings. The quantitative estimate of drug-likeness (QED) is 0.157. The normalized spacial score (nSPS) is 13.8. The van der Waals surface area contributed by atoms with E-state index in [4.69, 9.17) is 0 Å². The van der Waals surface area contributed by atoms with Crippen LogP contribution < -0.4 is 0 Å². The number of thiophene rings is 2. The van der Waals surface area contributed by atoms with E-state index in [0.29, 0.717) is 0 Å². The second-order valence-electron chi connectivity index (χ2n) is 13.9. The topological polar surface area (TPSA) is 0 Å². The van der Waals surface area contributed by atoms with Gasteiger partial charge < -0.3 is 0 Å². The molecular weight excluding hydrogens is 665 g/mol. The molecule has 10 aromatic rings. The Morgan fingerprint density at radius 1 is 0.346 bits per heavy atom. The molecule has 0 saturated heterocycles. The second-order valence-corrected chi connectivity index (χ2v) is 16.0. The standard InChI is InChI=1S/C50H32S2/c1-3-16-32(17-4-1)46(37-23-13-29-43-47(37)36-22-9-12-28-42(36)51-43)38-24-14-30-44-48(38)49-41(27-15-31-45(49)52-44)50(33-18-5-2-6-19-33)39-25-10-7-20-34(39)35-21-8-11-26-40(35)50/h1-31,46H. The zero-order valence-electron chi connectivity index (χ0n) is 28.3. The predicted octanol–water partition coefficient (Wildman–Crippen LogP) is 14.0. The van der Waals surface area contributed by atoms with Gasteiger partial charge in [-0.15, -0.1) is 22.7 Å². The first-order valence-corrected chi connectivity index (χ1v) is 19.6. The molecule has 0 spiro atoms. The molecule has 2 aromatic heterocycles. The van der Waals surface area contributed by atoms with Gasteiger partial charge in [-0.25, -0.2) is 0 Å². The molecule has 1 unspecified atom stereocenters. The molecule has 52 heavy (non-hydrogen) atoms. The molecule has 1 aliphatic rings. The van der Waals surface area contributed by atoms with E-state index in [1.165, 1.54) is 90.4 Å². The van der Waals surface area contributed by atoms with E-state index in [2.05, 4.69) is 188 Å². The lowest BCUT2D eigenvalue weighted by atomic mass is 9.66. The Hall–Kier alpha value is -5.80. The number of benzene rings is 8. The Balaban J connectivity index is 1.30. The van der Waals surface area contributed by atoms with Gasteiger partial charge in [0, 0.05) is 46.3 Å². The maximum absolute atomic E-state index is 2.42. The van der Waals surface area contributed by atoms with Crippen molar-refractivity contribution in [2.45, 2.75) is 11.3 Å². The summed E-state index contributed by atoms with van der Waals surface area (Å²) in [6.45, 7) is 0. The van der Waals surface area contributed by atoms with Gasteiger partial charge in [-0.2, -0.15) is 0 Å². The summed E-state index contributed by atoms with van der Waals surface area (Å²) in [5.41, 5.74) is 11.5. The molecule has 2 heterocycles. The SMILES string of the molecule is c1ccc(C(c2cccc3sc4ccccc4c23)c2cccc3sc4cccc(C5(c6ccccc6)c6ccccc6-c6ccccc65)c4c23)cc1. The molecule has 0 nitrogen and oxygen atoms in total. The molecule has 0 radical (unpaired) electrons. The summed E-state index contributed by atoms with van der Waals surface area (Å²) < 4.78 is 5.32. The molecule has 0 amide bonds. The summed E-state index contributed by atoms with van der Waals surface area (Å²) in [5.74, 6) is 0.0355. The van der Waals surface area contributed by atoms with Gasteiger partial charge in [0.2, 0.25) is 0 Å². The van der Waals surface area contributed by atoms with Crippen LogP contribution in [0.1, 0.15) is 44.9 Å². The molecular formula is C50H32S2. The van der Waals surface area contributed by atoms with Crippen LogP contribution in [-0.4, -0.2) is 0 Å². The van der Waals surface area contributed by atoms with Crippen LogP contribution in [0.25, 0.3) is 51.5 Å². The minimum atomic E-state index is -0.485. The third-order valence-corrected chi connectivity index (χ3v) is 13.6. The van der Waals surface area contributed by atoms with Crippen LogP contribution in [0.3, 0.4) is 0 Å². The average molecular weight is 697 g/mol. The van der Waals surface area contributed by atoms with Crippen molar-refractivity contribution in [1.29, 1.82) is 0 Å². The lowest BCUT2D eigenvalue weighted by molar-refractivity contribution is 0.777. The van der Waals surface area contributed by atoms with Gasteiger partial charge in [-0.3, -0.25) is 0 Å². The molecule has 0 aliphatic heterocycles. The summed E-state index contributed by atoms with van der Waals surface area (Å²) >= 11 is 3.82. The minimum Gasteiger partial charge on any atom is -0.135 e. The van der Waals surface area contributed by atoms with Gasteiger partial charge >= 0.3 is 0 Å². The molecule has 8 aromatic carbocycles. The zero-order chi connectivity index (χ0) is 34.2. The molecule has 1 atom stereocenters. The highest BCUT2D eigenvalue weighted by Gasteiger charge is 2.47. The van der Waals surface area contributed by atoms with Crippen molar-refractivity contribution < 1.29 is 0 Å². The number of fused-ring (bicyclic) bond motifs is 9. The zero-order valence-corrected chi connectivity index (χ0v) is 29.9. The molecule has 11 rings (SSSR count). The summed E-state index contributed by atoms with van der Waals surface area (Å²) in [4.78, 5) is 0. The van der Waals surface area contributed by atoms with Crippen molar-refractivity contribution >= 4 is 63.0 Å². The first kappa shape index (κ1) is 29.9. The van der Waals surface area contributed by atoms with E-state index < -0.39 is 5.41 Å². The predicted molar refractivity (Wildman–Crippen MR) is 223 cm³/mol. The largest absolute Gasteiger partial charge is 0.135 e. The molecule has 244 valence electrons. The highest BCUT2D eigenvalue weighted by molar-refractivity contribution is 7.26. The first-order chi connectivity index (χ1) is 25.8. The van der Waals surface area contributed by atoms with Crippen molar-refractivity contribution in [3.8, 4) is 11.1 Å². The lowest BCUT2D eigenvalue weighted by Gasteiger charge is -2.34. The molecule has 2 heteroatoms. The molecule has 1 aliphatic carbocycles. The van der Waals surface area contributed by atoms with Gasteiger partial charge in [0.1, 0.15) is 0 Å². The van der Waals surface area contributed by atoms with Crippen LogP contribution in [0, 0.1) is 0 Å². The van der Waals surface area contributed by atoms with E-state index in [-0.39, 0.29) is 5.92 Å². The minimum absolute atomic E-state index is 0.0355. The third-order valence-electron chi connectivity index (χ3n) is 11.3. The van der Waals surface area contributed by atoms with Gasteiger partial charge in [0.15, 0.2) is 0 Å². The Kier molecular flexibility index (Phi) is 6.67. The average Bonchev–Trinajstić information content (AvgIpc) is 3.88. The Morgan fingerprint density at radius 2 is 0.827 bits per heavy atom. The summed E-state index contributed by atoms with van der Waals surface area (Å²) in [6, 6.07) is 70.5. The van der Waals surface area contributed by atoms with E-state index >= 15 is 0 Å².